The zero-order chi connectivity index (χ0) is 71.8. The zero-order valence-corrected chi connectivity index (χ0v) is 65.6. The van der Waals surface area contributed by atoms with Crippen molar-refractivity contribution in [2.45, 2.75) is 444 Å². The Kier molecular flexibility index (Phi) is 71.9. The van der Waals surface area contributed by atoms with Gasteiger partial charge in [-0.3, -0.25) is 37.3 Å². The maximum absolute atomic E-state index is 13.1. The lowest BCUT2D eigenvalue weighted by Gasteiger charge is -2.21. The van der Waals surface area contributed by atoms with E-state index in [2.05, 4.69) is 27.7 Å². The molecular weight excluding hydrogens is 1280 g/mol. The Morgan fingerprint density at radius 2 is 0.408 bits per heavy atom. The number of aliphatic hydroxyl groups excluding tert-OH is 1. The molecule has 0 heterocycles. The topological polar surface area (TPSA) is 237 Å². The van der Waals surface area contributed by atoms with Crippen LogP contribution in [0.2, 0.25) is 0 Å². The average Bonchev–Trinajstić information content (AvgIpc) is 1.09. The molecule has 582 valence electrons. The molecule has 0 saturated heterocycles. The highest BCUT2D eigenvalue weighted by Crippen LogP contribution is 2.45. The lowest BCUT2D eigenvalue weighted by molar-refractivity contribution is -0.161. The van der Waals surface area contributed by atoms with Gasteiger partial charge in [0, 0.05) is 25.7 Å². The maximum Gasteiger partial charge on any atom is 0.472 e. The highest BCUT2D eigenvalue weighted by molar-refractivity contribution is 7.47. The van der Waals surface area contributed by atoms with Crippen LogP contribution < -0.4 is 0 Å². The minimum Gasteiger partial charge on any atom is -0.462 e. The van der Waals surface area contributed by atoms with Crippen LogP contribution in [0, 0.1) is 0 Å². The fraction of sp³-hybridized carbons (Fsp3) is 0.949. The van der Waals surface area contributed by atoms with E-state index >= 15 is 0 Å². The Balaban J connectivity index is 5.11. The van der Waals surface area contributed by atoms with Gasteiger partial charge in [0.15, 0.2) is 12.2 Å². The molecule has 0 aliphatic carbocycles. The van der Waals surface area contributed by atoms with Crippen LogP contribution in [0.1, 0.15) is 426 Å². The van der Waals surface area contributed by atoms with E-state index in [1.807, 2.05) is 0 Å². The first-order chi connectivity index (χ1) is 47.7. The molecule has 5 atom stereocenters. The van der Waals surface area contributed by atoms with Gasteiger partial charge >= 0.3 is 39.5 Å². The SMILES string of the molecule is CCCCCCCCCCCCCCCCCCCCCCCC(=O)O[C@H](COC(=O)CCCCCCCCCCCCCCCCCCC)COP(=O)(O)OC[C@@H](O)COP(=O)(O)OC[C@@H](COC(=O)CCCCCCC)OC(=O)CCCCCCCCCCCCCCCCC. The fourth-order valence-corrected chi connectivity index (χ4v) is 13.9. The van der Waals surface area contributed by atoms with Crippen LogP contribution in [-0.2, 0) is 65.4 Å². The quantitative estimate of drug-likeness (QED) is 0.0222. The average molecular weight is 1440 g/mol. The Morgan fingerprint density at radius 1 is 0.245 bits per heavy atom. The first-order valence-corrected chi connectivity index (χ1v) is 44.3. The Labute approximate surface area is 600 Å². The van der Waals surface area contributed by atoms with Crippen LogP contribution in [0.15, 0.2) is 0 Å². The van der Waals surface area contributed by atoms with Gasteiger partial charge in [-0.25, -0.2) is 9.13 Å². The molecule has 17 nitrogen and oxygen atoms in total. The summed E-state index contributed by atoms with van der Waals surface area (Å²) >= 11 is 0. The lowest BCUT2D eigenvalue weighted by atomic mass is 10.0. The largest absolute Gasteiger partial charge is 0.472 e. The molecule has 98 heavy (non-hydrogen) atoms. The molecule has 0 fully saturated rings. The van der Waals surface area contributed by atoms with E-state index in [1.165, 1.54) is 250 Å². The molecule has 0 saturated carbocycles. The van der Waals surface area contributed by atoms with E-state index < -0.39 is 97.5 Å². The summed E-state index contributed by atoms with van der Waals surface area (Å²) in [5.41, 5.74) is 0. The van der Waals surface area contributed by atoms with Gasteiger partial charge in [-0.2, -0.15) is 0 Å². The van der Waals surface area contributed by atoms with Crippen LogP contribution in [0.4, 0.5) is 0 Å². The van der Waals surface area contributed by atoms with Crippen molar-refractivity contribution < 1.29 is 80.2 Å². The fourth-order valence-electron chi connectivity index (χ4n) is 12.3. The molecule has 0 aromatic carbocycles. The predicted molar refractivity (Wildman–Crippen MR) is 400 cm³/mol. The van der Waals surface area contributed by atoms with E-state index in [0.717, 1.165) is 96.3 Å². The molecule has 0 amide bonds. The van der Waals surface area contributed by atoms with Crippen LogP contribution >= 0.6 is 15.6 Å². The van der Waals surface area contributed by atoms with Crippen molar-refractivity contribution in [3.8, 4) is 0 Å². The summed E-state index contributed by atoms with van der Waals surface area (Å²) < 4.78 is 68.4. The first kappa shape index (κ1) is 96.1. The van der Waals surface area contributed by atoms with Gasteiger partial charge in [0.25, 0.3) is 0 Å². The summed E-state index contributed by atoms with van der Waals surface area (Å²) in [4.78, 5) is 72.6. The van der Waals surface area contributed by atoms with Gasteiger partial charge in [-0.1, -0.05) is 374 Å². The van der Waals surface area contributed by atoms with Crippen molar-refractivity contribution in [1.29, 1.82) is 0 Å². The first-order valence-electron chi connectivity index (χ1n) is 41.3. The van der Waals surface area contributed by atoms with E-state index in [9.17, 15) is 43.2 Å². The number of aliphatic hydroxyl groups is 1. The number of rotatable bonds is 80. The number of carbonyl (C=O) groups excluding carboxylic acids is 4. The number of ether oxygens (including phenoxy) is 4. The van der Waals surface area contributed by atoms with E-state index in [1.54, 1.807) is 0 Å². The minimum absolute atomic E-state index is 0.108. The standard InChI is InChI=1S/C79H154O17P2/c1-5-9-13-17-20-23-26-29-32-34-35-36-37-39-42-45-48-51-54-58-62-66-79(84)96-75(70-90-77(82)64-60-56-52-49-46-43-41-38-33-30-27-24-21-18-14-10-6-2)72-94-98(87,88)92-68-73(80)67-91-97(85,86)93-71-74(69-89-76(81)63-59-55-16-12-8-4)95-78(83)65-61-57-53-50-47-44-40-31-28-25-22-19-15-11-7-3/h73-75,80H,5-72H2,1-4H3,(H,85,86)(H,87,88)/t73-,74+,75+/m0/s1. The third-order valence-corrected chi connectivity index (χ3v) is 20.5. The third kappa shape index (κ3) is 72.4. The molecule has 0 aromatic heterocycles. The number of esters is 4. The highest BCUT2D eigenvalue weighted by Gasteiger charge is 2.30. The molecular formula is C79H154O17P2. The summed E-state index contributed by atoms with van der Waals surface area (Å²) in [6, 6.07) is 0. The maximum atomic E-state index is 13.1. The second kappa shape index (κ2) is 73.4. The van der Waals surface area contributed by atoms with E-state index in [4.69, 9.17) is 37.0 Å². The number of hydrogen-bond acceptors (Lipinski definition) is 15. The van der Waals surface area contributed by atoms with Crippen LogP contribution in [0.5, 0.6) is 0 Å². The molecule has 0 aliphatic rings. The van der Waals surface area contributed by atoms with Crippen LogP contribution in [0.3, 0.4) is 0 Å². The van der Waals surface area contributed by atoms with Crippen molar-refractivity contribution in [3.05, 3.63) is 0 Å². The molecule has 0 spiro atoms. The van der Waals surface area contributed by atoms with Gasteiger partial charge in [0.1, 0.15) is 19.3 Å². The van der Waals surface area contributed by atoms with Crippen molar-refractivity contribution >= 4 is 39.5 Å². The van der Waals surface area contributed by atoms with Crippen LogP contribution in [0.25, 0.3) is 0 Å². The Hall–Kier alpha value is -1.94. The molecule has 3 N–H and O–H groups in total. The number of carbonyl (C=O) groups is 4. The van der Waals surface area contributed by atoms with Gasteiger partial charge in [-0.05, 0) is 25.7 Å². The highest BCUT2D eigenvalue weighted by atomic mass is 31.2. The Bertz CT molecular complexity index is 1860. The monoisotopic (exact) mass is 1440 g/mol. The summed E-state index contributed by atoms with van der Waals surface area (Å²) in [6.07, 6.45) is 65.7. The third-order valence-electron chi connectivity index (χ3n) is 18.6. The normalized spacial score (nSPS) is 13.8. The molecule has 19 heteroatoms. The summed E-state index contributed by atoms with van der Waals surface area (Å²) in [7, 11) is -9.90. The zero-order valence-electron chi connectivity index (χ0n) is 63.8. The van der Waals surface area contributed by atoms with E-state index in [-0.39, 0.29) is 25.7 Å². The van der Waals surface area contributed by atoms with Gasteiger partial charge in [0.2, 0.25) is 0 Å². The van der Waals surface area contributed by atoms with E-state index in [0.29, 0.717) is 25.7 Å². The van der Waals surface area contributed by atoms with Crippen molar-refractivity contribution in [3.63, 3.8) is 0 Å². The smallest absolute Gasteiger partial charge is 0.462 e. The second-order valence-corrected chi connectivity index (χ2v) is 31.4. The molecule has 0 aliphatic heterocycles. The number of phosphoric ester groups is 2. The molecule has 0 aromatic rings. The number of phosphoric acid groups is 2. The van der Waals surface area contributed by atoms with Crippen LogP contribution in [-0.4, -0.2) is 96.7 Å². The Morgan fingerprint density at radius 3 is 0.602 bits per heavy atom. The predicted octanol–water partition coefficient (Wildman–Crippen LogP) is 23.8. The van der Waals surface area contributed by atoms with Crippen molar-refractivity contribution in [2.24, 2.45) is 0 Å². The molecule has 0 bridgehead atoms. The molecule has 0 rings (SSSR count). The summed E-state index contributed by atoms with van der Waals surface area (Å²) in [6.45, 7) is 4.92. The summed E-state index contributed by atoms with van der Waals surface area (Å²) in [5, 5.41) is 10.6. The van der Waals surface area contributed by atoms with Crippen molar-refractivity contribution in [1.82, 2.24) is 0 Å². The summed E-state index contributed by atoms with van der Waals surface area (Å²) in [5.74, 6) is -2.12. The second-order valence-electron chi connectivity index (χ2n) is 28.5. The minimum atomic E-state index is -4.96. The number of unbranched alkanes of at least 4 members (excludes halogenated alkanes) is 54. The van der Waals surface area contributed by atoms with Crippen molar-refractivity contribution in [2.75, 3.05) is 39.6 Å². The van der Waals surface area contributed by atoms with Gasteiger partial charge in [0.05, 0.1) is 26.4 Å². The van der Waals surface area contributed by atoms with Gasteiger partial charge in [-0.15, -0.1) is 0 Å². The molecule has 2 unspecified atom stereocenters. The van der Waals surface area contributed by atoms with Gasteiger partial charge < -0.3 is 33.8 Å². The lowest BCUT2D eigenvalue weighted by Crippen LogP contribution is -2.30. The molecule has 0 radical (unpaired) electrons. The number of hydrogen-bond donors (Lipinski definition) is 3.